The van der Waals surface area contributed by atoms with Crippen molar-refractivity contribution in [3.05, 3.63) is 11.8 Å². The van der Waals surface area contributed by atoms with Crippen molar-refractivity contribution in [3.8, 4) is 0 Å². The van der Waals surface area contributed by atoms with Crippen LogP contribution in [-0.2, 0) is 0 Å². The molecule has 0 saturated heterocycles. The molecular weight excluding hydrogens is 110 g/mol. The third-order valence-electron chi connectivity index (χ3n) is 1.14. The molecule has 52 valence electrons. The van der Waals surface area contributed by atoms with Crippen LogP contribution in [0, 0.1) is 0 Å². The zero-order valence-corrected chi connectivity index (χ0v) is 6.52. The molecule has 1 nitrogen and oxygen atoms in total. The number of hydrogen-bond acceptors (Lipinski definition) is 1. The molecule has 0 aliphatic heterocycles. The largest absolute Gasteiger partial charge is 0.266 e. The summed E-state index contributed by atoms with van der Waals surface area (Å²) in [5, 5.41) is 0. The van der Waals surface area contributed by atoms with E-state index in [0.29, 0.717) is 0 Å². The molecule has 0 aliphatic rings. The summed E-state index contributed by atoms with van der Waals surface area (Å²) < 4.78 is 0. The maximum atomic E-state index is 4.22. The molecule has 9 heavy (non-hydrogen) atoms. The number of nitrogens with zero attached hydrogens (tertiary/aromatic N) is 1. The lowest BCUT2D eigenvalue weighted by molar-refractivity contribution is 1.06. The van der Waals surface area contributed by atoms with Gasteiger partial charge in [-0.05, 0) is 19.8 Å². The van der Waals surface area contributed by atoms with E-state index in [0.717, 1.165) is 12.8 Å². The quantitative estimate of drug-likeness (QED) is 0.514. The van der Waals surface area contributed by atoms with Crippen LogP contribution in [0.4, 0.5) is 0 Å². The molecule has 0 rings (SSSR count). The van der Waals surface area contributed by atoms with Crippen LogP contribution in [0.25, 0.3) is 0 Å². The van der Waals surface area contributed by atoms with E-state index in [9.17, 15) is 0 Å². The zero-order valence-electron chi connectivity index (χ0n) is 6.52. The van der Waals surface area contributed by atoms with E-state index in [2.05, 4.69) is 18.8 Å². The molecule has 1 heteroatoms. The first kappa shape index (κ1) is 8.41. The van der Waals surface area contributed by atoms with Crippen LogP contribution < -0.4 is 0 Å². The van der Waals surface area contributed by atoms with E-state index in [1.807, 2.05) is 19.2 Å². The molecule has 0 radical (unpaired) electrons. The van der Waals surface area contributed by atoms with Gasteiger partial charge in [-0.1, -0.05) is 19.9 Å². The Morgan fingerprint density at radius 2 is 2.11 bits per heavy atom. The minimum atomic E-state index is 1.03. The Labute approximate surface area is 57.5 Å². The van der Waals surface area contributed by atoms with E-state index < -0.39 is 0 Å². The van der Waals surface area contributed by atoms with Gasteiger partial charge in [-0.3, -0.25) is 4.99 Å². The standard InChI is InChI=1S/C8H15N/c1-4-7-9-8(5-2)6-3/h5,7H,4,6H2,1-3H3/b8-5+,9-7-. The van der Waals surface area contributed by atoms with Crippen molar-refractivity contribution >= 4 is 6.21 Å². The predicted octanol–water partition coefficient (Wildman–Crippen LogP) is 2.78. The Kier molecular flexibility index (Phi) is 5.18. The molecule has 0 heterocycles. The third-order valence-corrected chi connectivity index (χ3v) is 1.14. The molecule has 0 aliphatic carbocycles. The second-order valence-electron chi connectivity index (χ2n) is 1.85. The summed E-state index contributed by atoms with van der Waals surface area (Å²) >= 11 is 0. The van der Waals surface area contributed by atoms with E-state index in [1.54, 1.807) is 0 Å². The topological polar surface area (TPSA) is 12.4 Å². The van der Waals surface area contributed by atoms with Crippen LogP contribution in [0.1, 0.15) is 33.6 Å². The highest BCUT2D eigenvalue weighted by Gasteiger charge is 1.82. The third kappa shape index (κ3) is 3.95. The van der Waals surface area contributed by atoms with E-state index in [-0.39, 0.29) is 0 Å². The summed E-state index contributed by atoms with van der Waals surface area (Å²) in [5.74, 6) is 0. The molecule has 0 bridgehead atoms. The van der Waals surface area contributed by atoms with Gasteiger partial charge in [0.15, 0.2) is 0 Å². The first-order valence-corrected chi connectivity index (χ1v) is 3.52. The van der Waals surface area contributed by atoms with Gasteiger partial charge in [-0.25, -0.2) is 0 Å². The molecule has 0 unspecified atom stereocenters. The normalized spacial score (nSPS) is 13.0. The fourth-order valence-corrected chi connectivity index (χ4v) is 0.578. The van der Waals surface area contributed by atoms with Gasteiger partial charge in [0.05, 0.1) is 0 Å². The van der Waals surface area contributed by atoms with Gasteiger partial charge in [0.1, 0.15) is 0 Å². The van der Waals surface area contributed by atoms with Crippen molar-refractivity contribution in [2.75, 3.05) is 0 Å². The molecule has 0 N–H and O–H groups in total. The zero-order chi connectivity index (χ0) is 7.11. The average Bonchev–Trinajstić information content (AvgIpc) is 1.91. The van der Waals surface area contributed by atoms with E-state index in [1.165, 1.54) is 5.70 Å². The number of aliphatic imine (C=N–C) groups is 1. The van der Waals surface area contributed by atoms with Gasteiger partial charge >= 0.3 is 0 Å². The molecular formula is C8H15N. The SMILES string of the molecule is C/C=C(CC)/N=C\CC. The Balaban J connectivity index is 3.70. The van der Waals surface area contributed by atoms with Gasteiger partial charge in [0.2, 0.25) is 0 Å². The van der Waals surface area contributed by atoms with Crippen molar-refractivity contribution < 1.29 is 0 Å². The van der Waals surface area contributed by atoms with Gasteiger partial charge in [0.25, 0.3) is 0 Å². The summed E-state index contributed by atoms with van der Waals surface area (Å²) in [6.45, 7) is 6.22. The minimum absolute atomic E-state index is 1.03. The Morgan fingerprint density at radius 3 is 2.44 bits per heavy atom. The first-order valence-electron chi connectivity index (χ1n) is 3.52. The van der Waals surface area contributed by atoms with Crippen molar-refractivity contribution in [1.29, 1.82) is 0 Å². The molecule has 0 spiro atoms. The highest BCUT2D eigenvalue weighted by atomic mass is 14.7. The smallest absolute Gasteiger partial charge is 0.0354 e. The van der Waals surface area contributed by atoms with Gasteiger partial charge in [-0.2, -0.15) is 0 Å². The molecule has 0 aromatic heterocycles. The lowest BCUT2D eigenvalue weighted by Crippen LogP contribution is -1.74. The summed E-state index contributed by atoms with van der Waals surface area (Å²) in [6.07, 6.45) is 6.05. The Hall–Kier alpha value is -0.590. The molecule has 0 saturated carbocycles. The lowest BCUT2D eigenvalue weighted by atomic mass is 10.3. The van der Waals surface area contributed by atoms with Crippen molar-refractivity contribution in [3.63, 3.8) is 0 Å². The van der Waals surface area contributed by atoms with Crippen LogP contribution in [-0.4, -0.2) is 6.21 Å². The highest BCUT2D eigenvalue weighted by Crippen LogP contribution is 1.99. The average molecular weight is 125 g/mol. The maximum absolute atomic E-state index is 4.22. The van der Waals surface area contributed by atoms with Crippen LogP contribution in [0.15, 0.2) is 16.8 Å². The van der Waals surface area contributed by atoms with E-state index in [4.69, 9.17) is 0 Å². The molecule has 0 atom stereocenters. The van der Waals surface area contributed by atoms with Crippen molar-refractivity contribution in [2.24, 2.45) is 4.99 Å². The predicted molar refractivity (Wildman–Crippen MR) is 42.8 cm³/mol. The van der Waals surface area contributed by atoms with Gasteiger partial charge < -0.3 is 0 Å². The lowest BCUT2D eigenvalue weighted by Gasteiger charge is -1.91. The summed E-state index contributed by atoms with van der Waals surface area (Å²) in [6, 6.07) is 0. The van der Waals surface area contributed by atoms with Gasteiger partial charge in [0, 0.05) is 11.9 Å². The molecule has 0 aromatic carbocycles. The highest BCUT2D eigenvalue weighted by molar-refractivity contribution is 5.58. The van der Waals surface area contributed by atoms with Crippen LogP contribution >= 0.6 is 0 Å². The maximum Gasteiger partial charge on any atom is 0.0354 e. The monoisotopic (exact) mass is 125 g/mol. The van der Waals surface area contributed by atoms with Gasteiger partial charge in [-0.15, -0.1) is 0 Å². The Bertz CT molecular complexity index is 112. The second-order valence-corrected chi connectivity index (χ2v) is 1.85. The molecule has 0 aromatic rings. The number of rotatable bonds is 3. The second kappa shape index (κ2) is 5.54. The number of allylic oxidation sites excluding steroid dienone is 2. The fraction of sp³-hybridized carbons (Fsp3) is 0.625. The van der Waals surface area contributed by atoms with Crippen LogP contribution in [0.2, 0.25) is 0 Å². The summed E-state index contributed by atoms with van der Waals surface area (Å²) in [5.41, 5.74) is 1.18. The van der Waals surface area contributed by atoms with Crippen molar-refractivity contribution in [2.45, 2.75) is 33.6 Å². The summed E-state index contributed by atoms with van der Waals surface area (Å²) in [4.78, 5) is 4.22. The first-order chi connectivity index (χ1) is 4.35. The summed E-state index contributed by atoms with van der Waals surface area (Å²) in [7, 11) is 0. The number of hydrogen-bond donors (Lipinski definition) is 0. The van der Waals surface area contributed by atoms with Crippen molar-refractivity contribution in [1.82, 2.24) is 0 Å². The van der Waals surface area contributed by atoms with Crippen LogP contribution in [0.5, 0.6) is 0 Å². The Morgan fingerprint density at radius 1 is 1.44 bits per heavy atom. The fourth-order valence-electron chi connectivity index (χ4n) is 0.578. The molecule has 0 amide bonds. The van der Waals surface area contributed by atoms with E-state index >= 15 is 0 Å². The minimum Gasteiger partial charge on any atom is -0.266 e. The van der Waals surface area contributed by atoms with Crippen LogP contribution in [0.3, 0.4) is 0 Å². The molecule has 0 fully saturated rings.